The van der Waals surface area contributed by atoms with Crippen LogP contribution < -0.4 is 4.74 Å². The van der Waals surface area contributed by atoms with Crippen molar-refractivity contribution in [3.63, 3.8) is 0 Å². The summed E-state index contributed by atoms with van der Waals surface area (Å²) in [5.74, 6) is 2.33. The lowest BCUT2D eigenvalue weighted by Gasteiger charge is -2.33. The topological polar surface area (TPSA) is 91.5 Å². The van der Waals surface area contributed by atoms with Gasteiger partial charge in [-0.25, -0.2) is 14.8 Å². The van der Waals surface area contributed by atoms with Crippen molar-refractivity contribution in [1.82, 2.24) is 24.0 Å². The van der Waals surface area contributed by atoms with Gasteiger partial charge < -0.3 is 23.5 Å². The lowest BCUT2D eigenvalue weighted by atomic mass is 9.73. The van der Waals surface area contributed by atoms with E-state index in [1.165, 1.54) is 12.8 Å². The van der Waals surface area contributed by atoms with Crippen molar-refractivity contribution in [2.75, 3.05) is 20.3 Å². The number of benzene rings is 1. The second-order valence-electron chi connectivity index (χ2n) is 11.4. The van der Waals surface area contributed by atoms with E-state index >= 15 is 0 Å². The van der Waals surface area contributed by atoms with Crippen LogP contribution in [-0.4, -0.2) is 62.2 Å². The first kappa shape index (κ1) is 24.9. The van der Waals surface area contributed by atoms with Gasteiger partial charge in [0.1, 0.15) is 23.5 Å². The maximum Gasteiger partial charge on any atom is 0.330 e. The lowest BCUT2D eigenvalue weighted by Crippen LogP contribution is -2.42. The van der Waals surface area contributed by atoms with Crippen molar-refractivity contribution in [2.24, 2.45) is 24.8 Å². The van der Waals surface area contributed by atoms with Gasteiger partial charge in [-0.1, -0.05) is 6.58 Å². The molecule has 0 N–H and O–H groups in total. The van der Waals surface area contributed by atoms with Crippen LogP contribution >= 0.6 is 0 Å². The van der Waals surface area contributed by atoms with Gasteiger partial charge in [0.2, 0.25) is 0 Å². The second kappa shape index (κ2) is 9.50. The van der Waals surface area contributed by atoms with E-state index in [-0.39, 0.29) is 18.6 Å². The molecule has 0 spiro atoms. The molecule has 4 aromatic rings. The molecule has 0 radical (unpaired) electrons. The maximum atomic E-state index is 13.9. The summed E-state index contributed by atoms with van der Waals surface area (Å²) in [7, 11) is 3.61. The number of likely N-dealkylation sites (tertiary alicyclic amines) is 1. The van der Waals surface area contributed by atoms with Gasteiger partial charge >= 0.3 is 5.97 Å². The molecule has 1 aliphatic heterocycles. The van der Waals surface area contributed by atoms with Crippen molar-refractivity contribution in [2.45, 2.75) is 38.3 Å². The predicted molar refractivity (Wildman–Crippen MR) is 151 cm³/mol. The average molecular weight is 540 g/mol. The van der Waals surface area contributed by atoms with Crippen molar-refractivity contribution >= 4 is 33.9 Å². The fraction of sp³-hybridized carbons (Fsp3) is 0.419. The Bertz CT molecular complexity index is 1670. The van der Waals surface area contributed by atoms with Gasteiger partial charge in [-0.05, 0) is 73.8 Å². The molecule has 2 aliphatic carbocycles. The number of rotatable bonds is 8. The molecule has 1 aromatic carbocycles. The predicted octanol–water partition coefficient (Wildman–Crippen LogP) is 4.59. The number of esters is 1. The van der Waals surface area contributed by atoms with Gasteiger partial charge in [-0.15, -0.1) is 0 Å². The van der Waals surface area contributed by atoms with E-state index < -0.39 is 5.97 Å². The van der Waals surface area contributed by atoms with E-state index in [1.807, 2.05) is 40.9 Å². The zero-order chi connectivity index (χ0) is 27.5. The fourth-order valence-corrected chi connectivity index (χ4v) is 6.62. The number of ether oxygens (including phenoxy) is 2. The van der Waals surface area contributed by atoms with Crippen LogP contribution in [0.15, 0.2) is 49.2 Å². The molecule has 9 nitrogen and oxygen atoms in total. The molecule has 3 aromatic heterocycles. The Hall–Kier alpha value is -4.14. The number of aryl methyl sites for hydroxylation is 1. The number of hydrogen-bond donors (Lipinski definition) is 0. The minimum Gasteiger partial charge on any atom is -0.494 e. The van der Waals surface area contributed by atoms with Crippen molar-refractivity contribution < 1.29 is 19.1 Å². The lowest BCUT2D eigenvalue weighted by molar-refractivity contribution is -0.139. The summed E-state index contributed by atoms with van der Waals surface area (Å²) in [4.78, 5) is 37.3. The molecule has 1 amide bonds. The van der Waals surface area contributed by atoms with Crippen LogP contribution in [-0.2, 0) is 23.1 Å². The highest BCUT2D eigenvalue weighted by molar-refractivity contribution is 6.00. The number of aromatic nitrogens is 4. The normalized spacial score (nSPS) is 21.9. The highest BCUT2D eigenvalue weighted by Gasteiger charge is 2.49. The summed E-state index contributed by atoms with van der Waals surface area (Å²) in [5.41, 5.74) is 4.03. The molecule has 9 heteroatoms. The van der Waals surface area contributed by atoms with Crippen LogP contribution in [0.3, 0.4) is 0 Å². The summed E-state index contributed by atoms with van der Waals surface area (Å²) >= 11 is 0. The number of amides is 1. The van der Waals surface area contributed by atoms with Crippen molar-refractivity contribution in [3.05, 3.63) is 54.7 Å². The molecule has 206 valence electrons. The van der Waals surface area contributed by atoms with E-state index in [2.05, 4.69) is 28.3 Å². The summed E-state index contributed by atoms with van der Waals surface area (Å²) in [6.07, 6.45) is 7.61. The summed E-state index contributed by atoms with van der Waals surface area (Å²) in [6.45, 7) is 5.25. The van der Waals surface area contributed by atoms with Crippen LogP contribution in [0.5, 0.6) is 5.75 Å². The molecule has 4 heterocycles. The molecule has 0 bridgehead atoms. The fourth-order valence-electron chi connectivity index (χ4n) is 6.62. The monoisotopic (exact) mass is 539 g/mol. The molecule has 3 atom stereocenters. The number of carbonyl (C=O) groups excluding carboxylic acids is 2. The highest BCUT2D eigenvalue weighted by atomic mass is 16.5. The summed E-state index contributed by atoms with van der Waals surface area (Å²) < 4.78 is 15.5. The molecule has 3 fully saturated rings. The molecule has 7 rings (SSSR count). The molecular formula is C31H33N5O4. The number of methoxy groups -OCH3 is 1. The Balaban J connectivity index is 1.28. The van der Waals surface area contributed by atoms with Gasteiger partial charge in [0.15, 0.2) is 5.82 Å². The molecular weight excluding hydrogens is 506 g/mol. The largest absolute Gasteiger partial charge is 0.494 e. The van der Waals surface area contributed by atoms with E-state index in [4.69, 9.17) is 14.5 Å². The van der Waals surface area contributed by atoms with E-state index in [1.54, 1.807) is 7.11 Å². The van der Waals surface area contributed by atoms with Crippen LogP contribution in [0, 0.1) is 17.8 Å². The smallest absolute Gasteiger partial charge is 0.330 e. The zero-order valence-electron chi connectivity index (χ0n) is 22.9. The molecule has 1 saturated heterocycles. The Morgan fingerprint density at radius 2 is 2.02 bits per heavy atom. The summed E-state index contributed by atoms with van der Waals surface area (Å²) in [5, 5.41) is 1.08. The van der Waals surface area contributed by atoms with E-state index in [9.17, 15) is 9.59 Å². The van der Waals surface area contributed by atoms with E-state index in [0.29, 0.717) is 41.1 Å². The van der Waals surface area contributed by atoms with E-state index in [0.717, 1.165) is 53.5 Å². The number of nitrogens with zero attached hydrogens (tertiary/aromatic N) is 5. The Morgan fingerprint density at radius 1 is 1.18 bits per heavy atom. The third kappa shape index (κ3) is 3.98. The van der Waals surface area contributed by atoms with Crippen LogP contribution in [0.2, 0.25) is 0 Å². The second-order valence-corrected chi connectivity index (χ2v) is 11.4. The van der Waals surface area contributed by atoms with Gasteiger partial charge in [0.25, 0.3) is 5.91 Å². The molecule has 40 heavy (non-hydrogen) atoms. The quantitative estimate of drug-likeness (QED) is 0.240. The zero-order valence-corrected chi connectivity index (χ0v) is 22.9. The molecule has 3 aliphatic rings. The first-order chi connectivity index (χ1) is 19.5. The number of imidazole rings is 1. The van der Waals surface area contributed by atoms with Crippen molar-refractivity contribution in [1.29, 1.82) is 0 Å². The minimum atomic E-state index is -0.464. The molecule has 2 saturated carbocycles. The minimum absolute atomic E-state index is 0.0893. The summed E-state index contributed by atoms with van der Waals surface area (Å²) in [6, 6.07) is 9.73. The standard InChI is InChI=1S/C31H33N5O4/c1-4-27(37)40-17-25-22-10-9-20(22)16-36(25)31(38)21-12-23-28(26(14-21)39-3)34(2)30(33-23)24-13-19-6-5-11-32-29(19)35(24)15-18-7-8-18/h4-6,11-14,18,20,22,25H,1,7-10,15-17H2,2-3H3/t20-,22-,25-/m1/s1. The third-order valence-electron chi connectivity index (χ3n) is 9.05. The SMILES string of the molecule is C=CC(=O)OC[C@@H]1[C@@H]2CC[C@@H]2CN1C(=O)c1cc(OC)c2c(c1)nc(-c1cc3cccnc3n1CC1CC1)n2C. The van der Waals surface area contributed by atoms with Crippen LogP contribution in [0.25, 0.3) is 33.6 Å². The highest BCUT2D eigenvalue weighted by Crippen LogP contribution is 2.46. The van der Waals surface area contributed by atoms with Crippen LogP contribution in [0.1, 0.15) is 36.0 Å². The van der Waals surface area contributed by atoms with Gasteiger partial charge in [-0.3, -0.25) is 4.79 Å². The first-order valence-electron chi connectivity index (χ1n) is 14.1. The Kier molecular flexibility index (Phi) is 5.91. The Labute approximate surface area is 232 Å². The number of fused-ring (bicyclic) bond motifs is 3. The number of carbonyl (C=O) groups is 2. The first-order valence-corrected chi connectivity index (χ1v) is 14.1. The third-order valence-corrected chi connectivity index (χ3v) is 9.05. The van der Waals surface area contributed by atoms with Gasteiger partial charge in [0.05, 0.1) is 24.4 Å². The molecule has 0 unspecified atom stereocenters. The van der Waals surface area contributed by atoms with Gasteiger partial charge in [-0.2, -0.15) is 0 Å². The average Bonchev–Trinajstić information content (AvgIpc) is 3.55. The number of pyridine rings is 1. The maximum absolute atomic E-state index is 13.9. The van der Waals surface area contributed by atoms with Crippen LogP contribution in [0.4, 0.5) is 0 Å². The Morgan fingerprint density at radius 3 is 2.75 bits per heavy atom. The van der Waals surface area contributed by atoms with Gasteiger partial charge in [0, 0.05) is 43.4 Å². The van der Waals surface area contributed by atoms with Crippen molar-refractivity contribution in [3.8, 4) is 17.3 Å². The number of hydrogen-bond acceptors (Lipinski definition) is 6.